The summed E-state index contributed by atoms with van der Waals surface area (Å²) in [5, 5.41) is 5.17. The smallest absolute Gasteiger partial charge is 0.413 e. The maximum atomic E-state index is 11.7. The molecule has 0 spiro atoms. The number of piperidine rings is 1. The van der Waals surface area contributed by atoms with E-state index in [-0.39, 0.29) is 5.12 Å². The molecule has 0 unspecified atom stereocenters. The summed E-state index contributed by atoms with van der Waals surface area (Å²) in [6, 6.07) is 0. The predicted molar refractivity (Wildman–Crippen MR) is 99.0 cm³/mol. The highest BCUT2D eigenvalue weighted by Gasteiger charge is 2.18. The van der Waals surface area contributed by atoms with E-state index in [1.807, 2.05) is 32.2 Å². The van der Waals surface area contributed by atoms with Gasteiger partial charge in [0.05, 0.1) is 5.69 Å². The van der Waals surface area contributed by atoms with Crippen LogP contribution in [-0.4, -0.2) is 39.2 Å². The summed E-state index contributed by atoms with van der Waals surface area (Å²) in [5.74, 6) is 0. The number of anilines is 1. The third-order valence-electron chi connectivity index (χ3n) is 3.02. The Hall–Kier alpha value is -1.38. The first-order valence-electron chi connectivity index (χ1n) is 7.80. The van der Waals surface area contributed by atoms with E-state index >= 15 is 0 Å². The van der Waals surface area contributed by atoms with Crippen LogP contribution in [-0.2, 0) is 9.53 Å². The summed E-state index contributed by atoms with van der Waals surface area (Å²) < 4.78 is 7.29. The van der Waals surface area contributed by atoms with E-state index in [9.17, 15) is 9.59 Å². The Labute approximate surface area is 150 Å². The summed E-state index contributed by atoms with van der Waals surface area (Å²) >= 11 is 2.63. The molecule has 1 N–H and O–H groups in total. The van der Waals surface area contributed by atoms with Gasteiger partial charge in [-0.25, -0.2) is 14.1 Å². The number of carbonyl (C=O) groups excluding carboxylic acids is 2. The lowest BCUT2D eigenvalue weighted by Gasteiger charge is -2.26. The maximum Gasteiger partial charge on any atom is 0.413 e. The van der Waals surface area contributed by atoms with E-state index in [0.29, 0.717) is 5.13 Å². The third kappa shape index (κ3) is 6.62. The third-order valence-corrected chi connectivity index (χ3v) is 4.63. The fourth-order valence-electron chi connectivity index (χ4n) is 2.25. The largest absolute Gasteiger partial charge is 0.444 e. The number of carbonyl (C=O) groups is 2. The van der Waals surface area contributed by atoms with Crippen molar-refractivity contribution < 1.29 is 14.3 Å². The minimum atomic E-state index is -0.536. The van der Waals surface area contributed by atoms with Gasteiger partial charge in [-0.1, -0.05) is 5.57 Å². The molecule has 0 aliphatic carbocycles. The molecular formula is C16H23N3O3S2. The lowest BCUT2D eigenvalue weighted by Crippen LogP contribution is -2.27. The van der Waals surface area contributed by atoms with Gasteiger partial charge >= 0.3 is 6.09 Å². The lowest BCUT2D eigenvalue weighted by atomic mass is 10.1. The van der Waals surface area contributed by atoms with Gasteiger partial charge in [0.1, 0.15) is 5.60 Å². The van der Waals surface area contributed by atoms with Crippen LogP contribution >= 0.6 is 23.3 Å². The number of amides is 1. The van der Waals surface area contributed by atoms with Crippen LogP contribution in [0.3, 0.4) is 0 Å². The van der Waals surface area contributed by atoms with Crippen LogP contribution in [0.15, 0.2) is 11.0 Å². The lowest BCUT2D eigenvalue weighted by molar-refractivity contribution is -0.109. The Morgan fingerprint density at radius 1 is 1.46 bits per heavy atom. The van der Waals surface area contributed by atoms with Crippen molar-refractivity contribution in [3.63, 3.8) is 0 Å². The summed E-state index contributed by atoms with van der Waals surface area (Å²) in [6.07, 6.45) is 3.56. The molecule has 0 aromatic carbocycles. The molecule has 1 amide bonds. The van der Waals surface area contributed by atoms with E-state index in [1.165, 1.54) is 28.9 Å². The van der Waals surface area contributed by atoms with Gasteiger partial charge in [0.15, 0.2) is 5.13 Å². The minimum absolute atomic E-state index is 0.105. The van der Waals surface area contributed by atoms with Crippen molar-refractivity contribution in [2.75, 3.05) is 18.4 Å². The van der Waals surface area contributed by atoms with Crippen LogP contribution in [0.1, 0.15) is 46.2 Å². The summed E-state index contributed by atoms with van der Waals surface area (Å²) in [6.45, 7) is 8.72. The molecule has 2 rings (SSSR count). The van der Waals surface area contributed by atoms with Gasteiger partial charge in [-0.15, -0.1) is 11.3 Å². The van der Waals surface area contributed by atoms with Crippen molar-refractivity contribution >= 4 is 45.7 Å². The number of hydrogen-bond acceptors (Lipinski definition) is 7. The zero-order chi connectivity index (χ0) is 17.7. The van der Waals surface area contributed by atoms with E-state index in [1.54, 1.807) is 6.92 Å². The van der Waals surface area contributed by atoms with Gasteiger partial charge in [-0.2, -0.15) is 0 Å². The summed E-state index contributed by atoms with van der Waals surface area (Å²) in [5.41, 5.74) is 1.52. The van der Waals surface area contributed by atoms with Crippen LogP contribution in [0, 0.1) is 0 Å². The van der Waals surface area contributed by atoms with Crippen molar-refractivity contribution in [1.29, 1.82) is 0 Å². The summed E-state index contributed by atoms with van der Waals surface area (Å²) in [7, 11) is 0. The van der Waals surface area contributed by atoms with E-state index < -0.39 is 11.7 Å². The molecule has 24 heavy (non-hydrogen) atoms. The number of aromatic nitrogens is 1. The monoisotopic (exact) mass is 369 g/mol. The highest BCUT2D eigenvalue weighted by atomic mass is 32.2. The average molecular weight is 370 g/mol. The standard InChI is InChI=1S/C16H23N3O3S2/c1-11(20)24-19-7-5-6-12(9-19)8-13-10-23-14(17-13)18-15(21)22-16(2,3)4/h8,10H,5-7,9H2,1-4H3,(H,17,18,21). The number of nitrogens with one attached hydrogen (secondary N) is 1. The van der Waals surface area contributed by atoms with Crippen molar-refractivity contribution in [2.24, 2.45) is 0 Å². The second-order valence-electron chi connectivity index (χ2n) is 6.56. The second-order valence-corrected chi connectivity index (χ2v) is 8.69. The molecule has 132 valence electrons. The topological polar surface area (TPSA) is 71.5 Å². The Bertz CT molecular complexity index is 635. The Kier molecular flexibility index (Phi) is 6.42. The van der Waals surface area contributed by atoms with Gasteiger partial charge in [0.2, 0.25) is 5.12 Å². The van der Waals surface area contributed by atoms with Crippen molar-refractivity contribution in [3.8, 4) is 0 Å². The van der Waals surface area contributed by atoms with Gasteiger partial charge in [0.25, 0.3) is 0 Å². The van der Waals surface area contributed by atoms with E-state index in [4.69, 9.17) is 4.74 Å². The quantitative estimate of drug-likeness (QED) is 0.807. The number of nitrogens with zero attached hydrogens (tertiary/aromatic N) is 2. The number of ether oxygens (including phenoxy) is 1. The zero-order valence-corrected chi connectivity index (χ0v) is 16.1. The van der Waals surface area contributed by atoms with Crippen LogP contribution in [0.5, 0.6) is 0 Å². The Balaban J connectivity index is 1.95. The molecule has 0 bridgehead atoms. The predicted octanol–water partition coefficient (Wildman–Crippen LogP) is 4.16. The van der Waals surface area contributed by atoms with Crippen molar-refractivity contribution in [3.05, 3.63) is 16.6 Å². The normalized spacial score (nSPS) is 17.8. The number of rotatable bonds is 3. The number of thiazole rings is 1. The molecule has 8 heteroatoms. The number of hydrogen-bond donors (Lipinski definition) is 1. The minimum Gasteiger partial charge on any atom is -0.444 e. The molecule has 0 saturated carbocycles. The molecule has 0 atom stereocenters. The highest BCUT2D eigenvalue weighted by molar-refractivity contribution is 8.11. The Morgan fingerprint density at radius 2 is 2.21 bits per heavy atom. The van der Waals surface area contributed by atoms with Gasteiger partial charge in [-0.3, -0.25) is 10.1 Å². The average Bonchev–Trinajstić information content (AvgIpc) is 2.83. The van der Waals surface area contributed by atoms with Gasteiger partial charge in [0, 0.05) is 25.4 Å². The molecule has 6 nitrogen and oxygen atoms in total. The molecule has 1 saturated heterocycles. The first-order chi connectivity index (χ1) is 11.2. The molecule has 1 aromatic rings. The molecule has 2 heterocycles. The maximum absolute atomic E-state index is 11.7. The fraction of sp³-hybridized carbons (Fsp3) is 0.562. The zero-order valence-electron chi connectivity index (χ0n) is 14.4. The van der Waals surface area contributed by atoms with Crippen LogP contribution < -0.4 is 5.32 Å². The molecular weight excluding hydrogens is 346 g/mol. The molecule has 1 aliphatic heterocycles. The molecule has 1 fully saturated rings. The molecule has 0 radical (unpaired) electrons. The summed E-state index contributed by atoms with van der Waals surface area (Å²) in [4.78, 5) is 27.4. The van der Waals surface area contributed by atoms with Crippen LogP contribution in [0.2, 0.25) is 0 Å². The fourth-order valence-corrected chi connectivity index (χ4v) is 3.72. The Morgan fingerprint density at radius 3 is 2.88 bits per heavy atom. The van der Waals surface area contributed by atoms with Crippen LogP contribution in [0.25, 0.3) is 6.08 Å². The highest BCUT2D eigenvalue weighted by Crippen LogP contribution is 2.25. The van der Waals surface area contributed by atoms with Crippen molar-refractivity contribution in [1.82, 2.24) is 9.29 Å². The van der Waals surface area contributed by atoms with Gasteiger partial charge in [-0.05, 0) is 51.6 Å². The van der Waals surface area contributed by atoms with Crippen molar-refractivity contribution in [2.45, 2.75) is 46.1 Å². The van der Waals surface area contributed by atoms with Crippen LogP contribution in [0.4, 0.5) is 9.93 Å². The SMILES string of the molecule is CC(=O)SN1CCCC(=Cc2csc(NC(=O)OC(C)(C)C)n2)C1. The molecule has 1 aromatic heterocycles. The van der Waals surface area contributed by atoms with E-state index in [0.717, 1.165) is 31.6 Å². The van der Waals surface area contributed by atoms with E-state index in [2.05, 4.69) is 14.6 Å². The first kappa shape index (κ1) is 19.0. The second kappa shape index (κ2) is 8.13. The van der Waals surface area contributed by atoms with Gasteiger partial charge < -0.3 is 4.74 Å². The molecule has 1 aliphatic rings. The first-order valence-corrected chi connectivity index (χ1v) is 9.45.